The smallest absolute Gasteiger partial charge is 0.142 e. The number of ether oxygens (including phenoxy) is 3. The largest absolute Gasteiger partial charge is 0.497 e. The summed E-state index contributed by atoms with van der Waals surface area (Å²) in [5.41, 5.74) is 12.1. The number of nitrogens with one attached hydrogen (secondary N) is 1. The lowest BCUT2D eigenvalue weighted by Crippen LogP contribution is -2.39. The van der Waals surface area contributed by atoms with Gasteiger partial charge < -0.3 is 30.4 Å². The van der Waals surface area contributed by atoms with Crippen molar-refractivity contribution in [2.24, 2.45) is 0 Å². The van der Waals surface area contributed by atoms with Gasteiger partial charge in [-0.2, -0.15) is 0 Å². The molecular weight excluding hydrogens is 548 g/mol. The molecule has 5 rings (SSSR count). The number of rotatable bonds is 14. The minimum Gasteiger partial charge on any atom is -0.497 e. The van der Waals surface area contributed by atoms with Crippen molar-refractivity contribution in [1.29, 1.82) is 0 Å². The topological polar surface area (TPSA) is 86.0 Å². The minimum atomic E-state index is -0.772. The molecule has 0 amide bonds. The summed E-state index contributed by atoms with van der Waals surface area (Å²) in [6.07, 6.45) is -0.0174. The van der Waals surface area contributed by atoms with Crippen LogP contribution >= 0.6 is 0 Å². The summed E-state index contributed by atoms with van der Waals surface area (Å²) >= 11 is 0. The molecule has 6 nitrogen and oxygen atoms in total. The molecule has 6 heteroatoms. The molecule has 226 valence electrons. The van der Waals surface area contributed by atoms with Gasteiger partial charge in [0.05, 0.1) is 26.0 Å². The third-order valence-corrected chi connectivity index (χ3v) is 7.88. The van der Waals surface area contributed by atoms with Gasteiger partial charge in [0.15, 0.2) is 0 Å². The Morgan fingerprint density at radius 3 is 1.70 bits per heavy atom. The van der Waals surface area contributed by atoms with E-state index in [9.17, 15) is 5.11 Å². The van der Waals surface area contributed by atoms with Crippen LogP contribution in [0, 0.1) is 0 Å². The second kappa shape index (κ2) is 15.1. The van der Waals surface area contributed by atoms with Crippen molar-refractivity contribution in [3.8, 4) is 17.2 Å². The van der Waals surface area contributed by atoms with Crippen LogP contribution in [0.4, 0.5) is 5.69 Å². The highest BCUT2D eigenvalue weighted by molar-refractivity contribution is 5.54. The second-order valence-electron chi connectivity index (χ2n) is 10.8. The Kier molecular flexibility index (Phi) is 10.5. The van der Waals surface area contributed by atoms with Crippen LogP contribution in [0.15, 0.2) is 127 Å². The molecule has 0 spiro atoms. The van der Waals surface area contributed by atoms with Crippen LogP contribution in [-0.4, -0.2) is 31.9 Å². The van der Waals surface area contributed by atoms with Crippen LogP contribution in [0.1, 0.15) is 39.8 Å². The molecule has 0 saturated heterocycles. The third kappa shape index (κ3) is 7.98. The lowest BCUT2D eigenvalue weighted by Gasteiger charge is -2.31. The number of benzene rings is 5. The highest BCUT2D eigenvalue weighted by Gasteiger charge is 2.26. The SMILES string of the molecule is COc1ccc(C(c2ccc(OC)cc2)C(Cc2ccccc2)NC[C@H](O)c2ccc(OCc3ccccc3)c(N)c2)cc1. The molecule has 0 fully saturated rings. The molecular formula is C38H40N2O4. The highest BCUT2D eigenvalue weighted by atomic mass is 16.5. The highest BCUT2D eigenvalue weighted by Crippen LogP contribution is 2.33. The summed E-state index contributed by atoms with van der Waals surface area (Å²) in [6.45, 7) is 0.762. The lowest BCUT2D eigenvalue weighted by molar-refractivity contribution is 0.168. The van der Waals surface area contributed by atoms with Gasteiger partial charge in [0, 0.05) is 18.5 Å². The summed E-state index contributed by atoms with van der Waals surface area (Å²) in [6, 6.07) is 42.2. The zero-order valence-electron chi connectivity index (χ0n) is 25.2. The van der Waals surface area contributed by atoms with E-state index in [0.29, 0.717) is 24.6 Å². The van der Waals surface area contributed by atoms with E-state index < -0.39 is 6.10 Å². The van der Waals surface area contributed by atoms with Crippen LogP contribution in [0.5, 0.6) is 17.2 Å². The number of anilines is 1. The molecule has 0 aliphatic rings. The van der Waals surface area contributed by atoms with E-state index in [0.717, 1.165) is 40.2 Å². The molecule has 5 aromatic rings. The molecule has 0 aromatic heterocycles. The first-order valence-electron chi connectivity index (χ1n) is 14.8. The van der Waals surface area contributed by atoms with Crippen LogP contribution in [0.2, 0.25) is 0 Å². The number of nitrogen functional groups attached to an aromatic ring is 1. The number of methoxy groups -OCH3 is 2. The van der Waals surface area contributed by atoms with Gasteiger partial charge in [0.2, 0.25) is 0 Å². The maximum atomic E-state index is 11.3. The minimum absolute atomic E-state index is 0.0157. The number of aliphatic hydroxyl groups excluding tert-OH is 1. The Hall–Kier alpha value is -4.78. The fourth-order valence-electron chi connectivity index (χ4n) is 5.48. The van der Waals surface area contributed by atoms with Gasteiger partial charge in [-0.1, -0.05) is 91.0 Å². The maximum Gasteiger partial charge on any atom is 0.142 e. The molecule has 2 atom stereocenters. The first-order chi connectivity index (χ1) is 21.5. The predicted molar refractivity (Wildman–Crippen MR) is 176 cm³/mol. The zero-order valence-corrected chi connectivity index (χ0v) is 25.2. The van der Waals surface area contributed by atoms with Gasteiger partial charge in [-0.15, -0.1) is 0 Å². The fourth-order valence-corrected chi connectivity index (χ4v) is 5.48. The Morgan fingerprint density at radius 1 is 0.659 bits per heavy atom. The van der Waals surface area contributed by atoms with E-state index in [1.165, 1.54) is 5.56 Å². The molecule has 0 heterocycles. The first kappa shape index (κ1) is 30.7. The standard InChI is InChI=1S/C38H40N2O4/c1-42-32-18-13-29(14-19-32)38(30-15-20-33(43-2)21-16-30)35(23-27-9-5-3-6-10-27)40-25-36(41)31-17-22-37(34(39)24-31)44-26-28-11-7-4-8-12-28/h3-22,24,35-36,38,40-41H,23,25-26,39H2,1-2H3/t35?,36-/m0/s1. The summed E-state index contributed by atoms with van der Waals surface area (Å²) in [5.74, 6) is 2.19. The summed E-state index contributed by atoms with van der Waals surface area (Å²) < 4.78 is 16.8. The number of aliphatic hydroxyl groups is 1. The Bertz CT molecular complexity index is 1530. The van der Waals surface area contributed by atoms with Crippen molar-refractivity contribution >= 4 is 5.69 Å². The van der Waals surface area contributed by atoms with Crippen molar-refractivity contribution in [2.75, 3.05) is 26.5 Å². The summed E-state index contributed by atoms with van der Waals surface area (Å²) in [5, 5.41) is 15.0. The monoisotopic (exact) mass is 588 g/mol. The van der Waals surface area contributed by atoms with Gasteiger partial charge >= 0.3 is 0 Å². The van der Waals surface area contributed by atoms with E-state index in [1.54, 1.807) is 20.3 Å². The average molecular weight is 589 g/mol. The summed E-state index contributed by atoms with van der Waals surface area (Å²) in [4.78, 5) is 0. The van der Waals surface area contributed by atoms with E-state index in [4.69, 9.17) is 19.9 Å². The third-order valence-electron chi connectivity index (χ3n) is 7.88. The Morgan fingerprint density at radius 2 is 1.18 bits per heavy atom. The van der Waals surface area contributed by atoms with E-state index in [1.807, 2.05) is 72.8 Å². The van der Waals surface area contributed by atoms with Crippen molar-refractivity contribution in [3.05, 3.63) is 155 Å². The number of hydrogen-bond acceptors (Lipinski definition) is 6. The number of hydrogen-bond donors (Lipinski definition) is 3. The van der Waals surface area contributed by atoms with Crippen molar-refractivity contribution in [2.45, 2.75) is 31.1 Å². The quantitative estimate of drug-likeness (QED) is 0.122. The van der Waals surface area contributed by atoms with Gasteiger partial charge in [0.25, 0.3) is 0 Å². The second-order valence-corrected chi connectivity index (χ2v) is 10.8. The maximum absolute atomic E-state index is 11.3. The van der Waals surface area contributed by atoms with Crippen LogP contribution in [-0.2, 0) is 13.0 Å². The first-order valence-corrected chi connectivity index (χ1v) is 14.8. The molecule has 4 N–H and O–H groups in total. The number of nitrogens with two attached hydrogens (primary N) is 1. The summed E-state index contributed by atoms with van der Waals surface area (Å²) in [7, 11) is 3.34. The molecule has 0 saturated carbocycles. The van der Waals surface area contributed by atoms with Gasteiger partial charge in [-0.05, 0) is 70.6 Å². The van der Waals surface area contributed by atoms with Crippen molar-refractivity contribution < 1.29 is 19.3 Å². The molecule has 44 heavy (non-hydrogen) atoms. The van der Waals surface area contributed by atoms with E-state index >= 15 is 0 Å². The molecule has 5 aromatic carbocycles. The Balaban J connectivity index is 1.38. The molecule has 0 bridgehead atoms. The average Bonchev–Trinajstić information content (AvgIpc) is 3.08. The van der Waals surface area contributed by atoms with Crippen LogP contribution < -0.4 is 25.3 Å². The molecule has 0 aliphatic carbocycles. The van der Waals surface area contributed by atoms with Crippen LogP contribution in [0.25, 0.3) is 0 Å². The van der Waals surface area contributed by atoms with Gasteiger partial charge in [-0.25, -0.2) is 0 Å². The van der Waals surface area contributed by atoms with E-state index in [-0.39, 0.29) is 12.0 Å². The van der Waals surface area contributed by atoms with E-state index in [2.05, 4.69) is 53.8 Å². The van der Waals surface area contributed by atoms with Gasteiger partial charge in [0.1, 0.15) is 23.9 Å². The predicted octanol–water partition coefficient (Wildman–Crippen LogP) is 6.93. The van der Waals surface area contributed by atoms with Crippen molar-refractivity contribution in [3.63, 3.8) is 0 Å². The Labute approximate surface area is 260 Å². The molecule has 0 radical (unpaired) electrons. The fraction of sp³-hybridized carbons (Fsp3) is 0.211. The normalized spacial score (nSPS) is 12.5. The van der Waals surface area contributed by atoms with Gasteiger partial charge in [-0.3, -0.25) is 0 Å². The molecule has 0 aliphatic heterocycles. The van der Waals surface area contributed by atoms with Crippen LogP contribution in [0.3, 0.4) is 0 Å². The molecule has 1 unspecified atom stereocenters. The van der Waals surface area contributed by atoms with Crippen molar-refractivity contribution in [1.82, 2.24) is 5.32 Å². The lowest BCUT2D eigenvalue weighted by atomic mass is 9.82. The zero-order chi connectivity index (χ0) is 30.7.